The maximum Gasteiger partial charge on any atom is 0.0270 e. The third kappa shape index (κ3) is 4.75. The van der Waals surface area contributed by atoms with E-state index >= 15 is 0 Å². The Hall–Kier alpha value is -0.890. The topological polar surface area (TPSA) is 24.9 Å². The molecule has 0 radical (unpaired) electrons. The van der Waals surface area contributed by atoms with Crippen molar-refractivity contribution in [2.24, 2.45) is 0 Å². The van der Waals surface area contributed by atoms with Crippen molar-refractivity contribution in [2.75, 3.05) is 0 Å². The molecule has 1 N–H and O–H groups in total. The van der Waals surface area contributed by atoms with E-state index < -0.39 is 0 Å². The van der Waals surface area contributed by atoms with Crippen molar-refractivity contribution in [3.05, 3.63) is 30.1 Å². The van der Waals surface area contributed by atoms with E-state index in [2.05, 4.69) is 43.2 Å². The highest BCUT2D eigenvalue weighted by molar-refractivity contribution is 5.11. The molecular formula is C14H24N2. The maximum atomic E-state index is 4.04. The largest absolute Gasteiger partial charge is 0.311 e. The Balaban J connectivity index is 2.37. The van der Waals surface area contributed by atoms with E-state index in [9.17, 15) is 0 Å². The first-order chi connectivity index (χ1) is 7.76. The Morgan fingerprint density at radius 3 is 2.50 bits per heavy atom. The number of hydrogen-bond acceptors (Lipinski definition) is 2. The van der Waals surface area contributed by atoms with Gasteiger partial charge in [0.2, 0.25) is 0 Å². The van der Waals surface area contributed by atoms with E-state index in [0.29, 0.717) is 12.1 Å². The van der Waals surface area contributed by atoms with E-state index in [4.69, 9.17) is 0 Å². The minimum atomic E-state index is 0.541. The predicted molar refractivity (Wildman–Crippen MR) is 69.5 cm³/mol. The van der Waals surface area contributed by atoms with Gasteiger partial charge < -0.3 is 5.32 Å². The summed E-state index contributed by atoms with van der Waals surface area (Å²) in [4.78, 5) is 4.04. The molecule has 1 heterocycles. The monoisotopic (exact) mass is 220 g/mol. The van der Waals surface area contributed by atoms with Gasteiger partial charge >= 0.3 is 0 Å². The van der Waals surface area contributed by atoms with Crippen LogP contribution < -0.4 is 5.32 Å². The molecule has 0 saturated heterocycles. The molecule has 16 heavy (non-hydrogen) atoms. The standard InChI is InChI=1S/C14H24N2/c1-4-6-14(5-2)16-12(3)11-13-7-9-15-10-8-13/h7-10,12,14,16H,4-6,11H2,1-3H3. The van der Waals surface area contributed by atoms with Gasteiger partial charge in [-0.1, -0.05) is 20.3 Å². The fraction of sp³-hybridized carbons (Fsp3) is 0.643. The minimum absolute atomic E-state index is 0.541. The molecule has 0 fully saturated rings. The van der Waals surface area contributed by atoms with E-state index in [1.54, 1.807) is 0 Å². The summed E-state index contributed by atoms with van der Waals surface area (Å²) >= 11 is 0. The molecule has 0 amide bonds. The van der Waals surface area contributed by atoms with Crippen LogP contribution in [-0.2, 0) is 6.42 Å². The molecule has 0 aliphatic carbocycles. The van der Waals surface area contributed by atoms with Crippen LogP contribution in [0.2, 0.25) is 0 Å². The van der Waals surface area contributed by atoms with Gasteiger partial charge in [0.05, 0.1) is 0 Å². The quantitative estimate of drug-likeness (QED) is 0.763. The number of nitrogens with one attached hydrogen (secondary N) is 1. The van der Waals surface area contributed by atoms with Gasteiger partial charge in [-0.05, 0) is 43.9 Å². The molecule has 0 saturated carbocycles. The molecule has 0 spiro atoms. The fourth-order valence-corrected chi connectivity index (χ4v) is 2.09. The van der Waals surface area contributed by atoms with Crippen molar-refractivity contribution in [2.45, 2.75) is 58.5 Å². The minimum Gasteiger partial charge on any atom is -0.311 e. The lowest BCUT2D eigenvalue weighted by atomic mass is 10.0. The number of rotatable bonds is 7. The van der Waals surface area contributed by atoms with Gasteiger partial charge in [0, 0.05) is 24.5 Å². The Labute approximate surface area is 99.5 Å². The molecule has 2 atom stereocenters. The van der Waals surface area contributed by atoms with Crippen LogP contribution >= 0.6 is 0 Å². The molecule has 1 aromatic rings. The highest BCUT2D eigenvalue weighted by atomic mass is 14.9. The zero-order valence-corrected chi connectivity index (χ0v) is 10.7. The molecule has 1 rings (SSSR count). The Morgan fingerprint density at radius 1 is 1.25 bits per heavy atom. The average Bonchev–Trinajstić information content (AvgIpc) is 2.29. The average molecular weight is 220 g/mol. The maximum absolute atomic E-state index is 4.04. The van der Waals surface area contributed by atoms with Crippen LogP contribution in [0.5, 0.6) is 0 Å². The lowest BCUT2D eigenvalue weighted by molar-refractivity contribution is 0.408. The van der Waals surface area contributed by atoms with Crippen molar-refractivity contribution in [1.29, 1.82) is 0 Å². The molecule has 90 valence electrons. The summed E-state index contributed by atoms with van der Waals surface area (Å²) in [5.74, 6) is 0. The second-order valence-electron chi connectivity index (χ2n) is 4.52. The lowest BCUT2D eigenvalue weighted by Gasteiger charge is -2.22. The Bertz CT molecular complexity index is 271. The third-order valence-electron chi connectivity index (χ3n) is 2.94. The summed E-state index contributed by atoms with van der Waals surface area (Å²) in [6.07, 6.45) is 8.57. The Morgan fingerprint density at radius 2 is 1.94 bits per heavy atom. The third-order valence-corrected chi connectivity index (χ3v) is 2.94. The molecular weight excluding hydrogens is 196 g/mol. The number of hydrogen-bond donors (Lipinski definition) is 1. The fourth-order valence-electron chi connectivity index (χ4n) is 2.09. The second-order valence-corrected chi connectivity index (χ2v) is 4.52. The summed E-state index contributed by atoms with van der Waals surface area (Å²) in [6, 6.07) is 5.40. The second kappa shape index (κ2) is 7.39. The van der Waals surface area contributed by atoms with Crippen LogP contribution in [0.4, 0.5) is 0 Å². The highest BCUT2D eigenvalue weighted by Crippen LogP contribution is 2.06. The van der Waals surface area contributed by atoms with Crippen LogP contribution in [-0.4, -0.2) is 17.1 Å². The van der Waals surface area contributed by atoms with Gasteiger partial charge in [0.1, 0.15) is 0 Å². The van der Waals surface area contributed by atoms with E-state index in [0.717, 1.165) is 6.42 Å². The summed E-state index contributed by atoms with van der Waals surface area (Å²) in [7, 11) is 0. The van der Waals surface area contributed by atoms with Crippen molar-refractivity contribution in [3.8, 4) is 0 Å². The van der Waals surface area contributed by atoms with Crippen molar-refractivity contribution >= 4 is 0 Å². The molecule has 0 aliphatic heterocycles. The van der Waals surface area contributed by atoms with Gasteiger partial charge in [0.25, 0.3) is 0 Å². The van der Waals surface area contributed by atoms with Gasteiger partial charge in [-0.15, -0.1) is 0 Å². The number of pyridine rings is 1. The van der Waals surface area contributed by atoms with Crippen molar-refractivity contribution < 1.29 is 0 Å². The molecule has 1 aromatic heterocycles. The van der Waals surface area contributed by atoms with E-state index in [1.165, 1.54) is 24.8 Å². The van der Waals surface area contributed by atoms with Crippen LogP contribution in [0.25, 0.3) is 0 Å². The van der Waals surface area contributed by atoms with Gasteiger partial charge in [-0.25, -0.2) is 0 Å². The first kappa shape index (κ1) is 13.2. The number of nitrogens with zero attached hydrogens (tertiary/aromatic N) is 1. The van der Waals surface area contributed by atoms with E-state index in [1.807, 2.05) is 12.4 Å². The summed E-state index contributed by atoms with van der Waals surface area (Å²) < 4.78 is 0. The zero-order valence-electron chi connectivity index (χ0n) is 10.7. The van der Waals surface area contributed by atoms with Crippen molar-refractivity contribution in [1.82, 2.24) is 10.3 Å². The van der Waals surface area contributed by atoms with Crippen molar-refractivity contribution in [3.63, 3.8) is 0 Å². The predicted octanol–water partition coefficient (Wildman–Crippen LogP) is 3.18. The summed E-state index contributed by atoms with van der Waals surface area (Å²) in [5, 5.41) is 3.70. The molecule has 2 unspecified atom stereocenters. The lowest BCUT2D eigenvalue weighted by Crippen LogP contribution is -2.37. The van der Waals surface area contributed by atoms with Gasteiger partial charge in [-0.2, -0.15) is 0 Å². The van der Waals surface area contributed by atoms with Gasteiger partial charge in [-0.3, -0.25) is 4.98 Å². The first-order valence-electron chi connectivity index (χ1n) is 6.41. The summed E-state index contributed by atoms with van der Waals surface area (Å²) in [6.45, 7) is 6.77. The highest BCUT2D eigenvalue weighted by Gasteiger charge is 2.09. The first-order valence-corrected chi connectivity index (χ1v) is 6.41. The van der Waals surface area contributed by atoms with Crippen LogP contribution in [0.1, 0.15) is 45.6 Å². The molecule has 0 bridgehead atoms. The SMILES string of the molecule is CCCC(CC)NC(C)Cc1ccncc1. The van der Waals surface area contributed by atoms with Crippen LogP contribution in [0.15, 0.2) is 24.5 Å². The molecule has 0 aromatic carbocycles. The van der Waals surface area contributed by atoms with Crippen LogP contribution in [0.3, 0.4) is 0 Å². The Kier molecular flexibility index (Phi) is 6.09. The van der Waals surface area contributed by atoms with Crippen LogP contribution in [0, 0.1) is 0 Å². The van der Waals surface area contributed by atoms with E-state index in [-0.39, 0.29) is 0 Å². The number of aromatic nitrogens is 1. The van der Waals surface area contributed by atoms with Gasteiger partial charge in [0.15, 0.2) is 0 Å². The normalized spacial score (nSPS) is 14.7. The summed E-state index contributed by atoms with van der Waals surface area (Å²) in [5.41, 5.74) is 1.36. The zero-order chi connectivity index (χ0) is 11.8. The molecule has 2 nitrogen and oxygen atoms in total. The molecule has 0 aliphatic rings. The molecule has 2 heteroatoms. The smallest absolute Gasteiger partial charge is 0.0270 e.